The maximum Gasteiger partial charge on any atom is 0.375 e. The largest absolute Gasteiger partial charge is 0.450 e. The summed E-state index contributed by atoms with van der Waals surface area (Å²) in [5.74, 6) is -0.141. The lowest BCUT2D eigenvalue weighted by Gasteiger charge is -2.00. The zero-order chi connectivity index (χ0) is 18.1. The van der Waals surface area contributed by atoms with Gasteiger partial charge in [-0.2, -0.15) is 0 Å². The lowest BCUT2D eigenvalue weighted by Crippen LogP contribution is -2.05. The molecule has 0 amide bonds. The van der Waals surface area contributed by atoms with Crippen LogP contribution in [0.15, 0.2) is 63.6 Å². The first kappa shape index (κ1) is 16.1. The summed E-state index contributed by atoms with van der Waals surface area (Å²) in [6.07, 6.45) is 1.58. The van der Waals surface area contributed by atoms with Crippen LogP contribution in [0.25, 0.3) is 22.3 Å². The van der Waals surface area contributed by atoms with Crippen LogP contribution < -0.4 is 0 Å². The molecule has 0 N–H and O–H groups in total. The molecular formula is C20H14FNO4. The highest BCUT2D eigenvalue weighted by molar-refractivity contribution is 5.95. The van der Waals surface area contributed by atoms with Gasteiger partial charge in [0.05, 0.1) is 6.20 Å². The molecule has 2 aromatic heterocycles. The van der Waals surface area contributed by atoms with Crippen LogP contribution in [0.2, 0.25) is 0 Å². The number of rotatable bonds is 4. The number of fused-ring (bicyclic) bond motifs is 1. The van der Waals surface area contributed by atoms with Crippen LogP contribution in [-0.4, -0.2) is 11.0 Å². The first-order valence-corrected chi connectivity index (χ1v) is 7.98. The van der Waals surface area contributed by atoms with E-state index in [-0.39, 0.29) is 18.3 Å². The van der Waals surface area contributed by atoms with Crippen molar-refractivity contribution in [2.24, 2.45) is 0 Å². The molecule has 5 nitrogen and oxygen atoms in total. The Morgan fingerprint density at radius 2 is 1.96 bits per heavy atom. The summed E-state index contributed by atoms with van der Waals surface area (Å²) in [6.45, 7) is 1.55. The number of oxazole rings is 1. The van der Waals surface area contributed by atoms with Gasteiger partial charge in [-0.3, -0.25) is 0 Å². The molecule has 0 fully saturated rings. The van der Waals surface area contributed by atoms with E-state index in [1.54, 1.807) is 13.1 Å². The Bertz CT molecular complexity index is 1080. The van der Waals surface area contributed by atoms with Crippen molar-refractivity contribution in [2.45, 2.75) is 13.5 Å². The van der Waals surface area contributed by atoms with Crippen molar-refractivity contribution in [1.29, 1.82) is 0 Å². The second-order valence-corrected chi connectivity index (χ2v) is 5.76. The summed E-state index contributed by atoms with van der Waals surface area (Å²) in [5, 5.41) is 0.541. The predicted molar refractivity (Wildman–Crippen MR) is 92.0 cm³/mol. The average Bonchev–Trinajstić information content (AvgIpc) is 3.26. The highest BCUT2D eigenvalue weighted by Crippen LogP contribution is 2.27. The van der Waals surface area contributed by atoms with Gasteiger partial charge in [0.15, 0.2) is 12.4 Å². The Hall–Kier alpha value is -3.41. The zero-order valence-corrected chi connectivity index (χ0v) is 13.9. The Kier molecular flexibility index (Phi) is 4.01. The van der Waals surface area contributed by atoms with E-state index in [0.717, 1.165) is 5.56 Å². The van der Waals surface area contributed by atoms with Gasteiger partial charge in [0.2, 0.25) is 11.7 Å². The first-order valence-electron chi connectivity index (χ1n) is 7.98. The third kappa shape index (κ3) is 2.97. The minimum Gasteiger partial charge on any atom is -0.450 e. The molecule has 0 aliphatic carbocycles. The third-order valence-corrected chi connectivity index (χ3v) is 4.02. The molecule has 0 saturated carbocycles. The van der Waals surface area contributed by atoms with E-state index in [1.807, 2.05) is 30.3 Å². The molecule has 0 aliphatic rings. The van der Waals surface area contributed by atoms with Crippen LogP contribution in [0.3, 0.4) is 0 Å². The molecule has 0 spiro atoms. The van der Waals surface area contributed by atoms with Crippen LogP contribution >= 0.6 is 0 Å². The van der Waals surface area contributed by atoms with Gasteiger partial charge in [-0.05, 0) is 25.1 Å². The summed E-state index contributed by atoms with van der Waals surface area (Å²) >= 11 is 0. The maximum absolute atomic E-state index is 13.4. The Balaban J connectivity index is 1.49. The molecule has 0 radical (unpaired) electrons. The van der Waals surface area contributed by atoms with Crippen LogP contribution in [0.1, 0.15) is 22.0 Å². The van der Waals surface area contributed by atoms with Crippen LogP contribution in [0, 0.1) is 12.7 Å². The van der Waals surface area contributed by atoms with Crippen molar-refractivity contribution in [3.8, 4) is 11.3 Å². The van der Waals surface area contributed by atoms with E-state index in [0.29, 0.717) is 22.3 Å². The number of ether oxygens (including phenoxy) is 1. The molecule has 0 bridgehead atoms. The minimum atomic E-state index is -0.654. The number of aryl methyl sites for hydroxylation is 1. The molecule has 0 atom stereocenters. The van der Waals surface area contributed by atoms with Crippen molar-refractivity contribution >= 4 is 16.9 Å². The molecule has 2 heterocycles. The predicted octanol–water partition coefficient (Wildman–Crippen LogP) is 4.89. The third-order valence-electron chi connectivity index (χ3n) is 4.02. The van der Waals surface area contributed by atoms with Crippen molar-refractivity contribution in [1.82, 2.24) is 4.98 Å². The number of nitrogens with zero attached hydrogens (tertiary/aromatic N) is 1. The summed E-state index contributed by atoms with van der Waals surface area (Å²) in [5.41, 5.74) is 1.84. The van der Waals surface area contributed by atoms with Gasteiger partial charge in [-0.15, -0.1) is 0 Å². The number of esters is 1. The molecule has 4 rings (SSSR count). The Morgan fingerprint density at radius 3 is 2.77 bits per heavy atom. The van der Waals surface area contributed by atoms with Gasteiger partial charge in [0.25, 0.3) is 0 Å². The van der Waals surface area contributed by atoms with Crippen molar-refractivity contribution in [2.75, 3.05) is 0 Å². The average molecular weight is 351 g/mol. The summed E-state index contributed by atoms with van der Waals surface area (Å²) < 4.78 is 29.7. The fourth-order valence-corrected chi connectivity index (χ4v) is 2.69. The molecule has 130 valence electrons. The van der Waals surface area contributed by atoms with Gasteiger partial charge in [0, 0.05) is 16.5 Å². The van der Waals surface area contributed by atoms with E-state index in [2.05, 4.69) is 4.98 Å². The van der Waals surface area contributed by atoms with Crippen LogP contribution in [0.5, 0.6) is 0 Å². The molecule has 0 unspecified atom stereocenters. The number of benzene rings is 2. The fourth-order valence-electron chi connectivity index (χ4n) is 2.69. The fraction of sp³-hybridized carbons (Fsp3) is 0.100. The lowest BCUT2D eigenvalue weighted by molar-refractivity contribution is 0.0404. The number of halogens is 1. The second kappa shape index (κ2) is 6.48. The molecule has 0 saturated heterocycles. The monoisotopic (exact) mass is 351 g/mol. The van der Waals surface area contributed by atoms with Crippen molar-refractivity contribution < 1.29 is 22.8 Å². The number of carbonyl (C=O) groups excluding carboxylic acids is 1. The van der Waals surface area contributed by atoms with Gasteiger partial charge in [-0.1, -0.05) is 30.3 Å². The maximum atomic E-state index is 13.4. The number of hydrogen-bond donors (Lipinski definition) is 0. The number of hydrogen-bond acceptors (Lipinski definition) is 5. The molecule has 0 aliphatic heterocycles. The van der Waals surface area contributed by atoms with Crippen LogP contribution in [0.4, 0.5) is 4.39 Å². The van der Waals surface area contributed by atoms with Gasteiger partial charge in [0.1, 0.15) is 11.4 Å². The zero-order valence-electron chi connectivity index (χ0n) is 13.9. The smallest absolute Gasteiger partial charge is 0.375 e. The SMILES string of the molecule is Cc1c(C(=O)OCc2ncc(-c3ccccc3)o2)oc2ccc(F)cc12. The highest BCUT2D eigenvalue weighted by Gasteiger charge is 2.20. The number of furan rings is 1. The first-order chi connectivity index (χ1) is 12.6. The topological polar surface area (TPSA) is 65.5 Å². The van der Waals surface area contributed by atoms with Gasteiger partial charge < -0.3 is 13.6 Å². The van der Waals surface area contributed by atoms with Crippen LogP contribution in [-0.2, 0) is 11.3 Å². The summed E-state index contributed by atoms with van der Waals surface area (Å²) in [4.78, 5) is 16.4. The molecule has 2 aromatic carbocycles. The normalized spacial score (nSPS) is 11.0. The molecule has 4 aromatic rings. The second-order valence-electron chi connectivity index (χ2n) is 5.76. The Morgan fingerprint density at radius 1 is 1.15 bits per heavy atom. The lowest BCUT2D eigenvalue weighted by atomic mass is 10.1. The van der Waals surface area contributed by atoms with Gasteiger partial charge >= 0.3 is 5.97 Å². The summed E-state index contributed by atoms with van der Waals surface area (Å²) in [7, 11) is 0. The summed E-state index contributed by atoms with van der Waals surface area (Å²) in [6, 6.07) is 13.6. The molecular weight excluding hydrogens is 337 g/mol. The molecule has 26 heavy (non-hydrogen) atoms. The highest BCUT2D eigenvalue weighted by atomic mass is 19.1. The minimum absolute atomic E-state index is 0.0421. The standard InChI is InChI=1S/C20H14FNO4/c1-12-15-9-14(21)7-8-16(15)26-19(12)20(23)24-11-18-22-10-17(25-18)13-5-3-2-4-6-13/h2-10H,11H2,1H3. The van der Waals surface area contributed by atoms with E-state index in [4.69, 9.17) is 13.6 Å². The van der Waals surface area contributed by atoms with Gasteiger partial charge in [-0.25, -0.2) is 14.2 Å². The Labute approximate surface area is 148 Å². The van der Waals surface area contributed by atoms with Crippen molar-refractivity contribution in [3.05, 3.63) is 77.8 Å². The van der Waals surface area contributed by atoms with E-state index in [1.165, 1.54) is 18.2 Å². The van der Waals surface area contributed by atoms with E-state index < -0.39 is 11.8 Å². The van der Waals surface area contributed by atoms with E-state index >= 15 is 0 Å². The van der Waals surface area contributed by atoms with E-state index in [9.17, 15) is 9.18 Å². The van der Waals surface area contributed by atoms with Crippen molar-refractivity contribution in [3.63, 3.8) is 0 Å². The molecule has 6 heteroatoms. The number of carbonyl (C=O) groups is 1. The number of aromatic nitrogens is 1. The quantitative estimate of drug-likeness (QED) is 0.490.